The van der Waals surface area contributed by atoms with Crippen LogP contribution < -0.4 is 15.5 Å². The number of anilines is 2. The Labute approximate surface area is 106 Å². The van der Waals surface area contributed by atoms with E-state index in [0.29, 0.717) is 12.8 Å². The Morgan fingerprint density at radius 3 is 2.50 bits per heavy atom. The molecule has 1 heterocycles. The van der Waals surface area contributed by atoms with Crippen LogP contribution in [0.1, 0.15) is 12.8 Å². The second-order valence-corrected chi connectivity index (χ2v) is 4.59. The number of hydrogen-bond acceptors (Lipinski definition) is 3. The van der Waals surface area contributed by atoms with Crippen LogP contribution in [0.3, 0.4) is 0 Å². The Morgan fingerprint density at radius 1 is 1.33 bits per heavy atom. The van der Waals surface area contributed by atoms with Gasteiger partial charge in [0.25, 0.3) is 0 Å². The SMILES string of the molecule is CN(C)c1ccc(NC(=O)C2CCC(=O)N2)cc1. The van der Waals surface area contributed by atoms with Gasteiger partial charge < -0.3 is 15.5 Å². The molecule has 18 heavy (non-hydrogen) atoms. The number of hydrogen-bond donors (Lipinski definition) is 2. The van der Waals surface area contributed by atoms with Crippen LogP contribution in [0.4, 0.5) is 11.4 Å². The summed E-state index contributed by atoms with van der Waals surface area (Å²) in [6.45, 7) is 0. The summed E-state index contributed by atoms with van der Waals surface area (Å²) in [4.78, 5) is 24.9. The fourth-order valence-corrected chi connectivity index (χ4v) is 1.88. The second kappa shape index (κ2) is 5.08. The summed E-state index contributed by atoms with van der Waals surface area (Å²) in [6.07, 6.45) is 0.998. The predicted molar refractivity (Wildman–Crippen MR) is 70.6 cm³/mol. The van der Waals surface area contributed by atoms with Gasteiger partial charge in [-0.05, 0) is 30.7 Å². The zero-order valence-electron chi connectivity index (χ0n) is 10.6. The first kappa shape index (κ1) is 12.4. The molecule has 2 N–H and O–H groups in total. The minimum absolute atomic E-state index is 0.0573. The van der Waals surface area contributed by atoms with Crippen molar-refractivity contribution in [2.45, 2.75) is 18.9 Å². The monoisotopic (exact) mass is 247 g/mol. The van der Waals surface area contributed by atoms with E-state index in [9.17, 15) is 9.59 Å². The summed E-state index contributed by atoms with van der Waals surface area (Å²) in [5, 5.41) is 5.44. The molecule has 2 rings (SSSR count). The lowest BCUT2D eigenvalue weighted by molar-refractivity contribution is -0.122. The average Bonchev–Trinajstić information content (AvgIpc) is 2.76. The van der Waals surface area contributed by atoms with Crippen molar-refractivity contribution in [3.05, 3.63) is 24.3 Å². The molecule has 1 fully saturated rings. The summed E-state index contributed by atoms with van der Waals surface area (Å²) in [7, 11) is 3.92. The third kappa shape index (κ3) is 2.80. The summed E-state index contributed by atoms with van der Waals surface area (Å²) < 4.78 is 0. The predicted octanol–water partition coefficient (Wildman–Crippen LogP) is 0.970. The molecule has 1 atom stereocenters. The van der Waals surface area contributed by atoms with Gasteiger partial charge in [-0.1, -0.05) is 0 Å². The normalized spacial score (nSPS) is 18.3. The standard InChI is InChI=1S/C13H17N3O2/c1-16(2)10-5-3-9(4-6-10)14-13(18)11-7-8-12(17)15-11/h3-6,11H,7-8H2,1-2H3,(H,14,18)(H,15,17). The quantitative estimate of drug-likeness (QED) is 0.836. The molecule has 1 aliphatic rings. The fourth-order valence-electron chi connectivity index (χ4n) is 1.88. The molecule has 1 aliphatic heterocycles. The van der Waals surface area contributed by atoms with Crippen LogP contribution in [0, 0.1) is 0 Å². The Bertz CT molecular complexity index is 454. The van der Waals surface area contributed by atoms with E-state index in [4.69, 9.17) is 0 Å². The van der Waals surface area contributed by atoms with Crippen molar-refractivity contribution >= 4 is 23.2 Å². The highest BCUT2D eigenvalue weighted by atomic mass is 16.2. The highest BCUT2D eigenvalue weighted by Crippen LogP contribution is 2.16. The Hall–Kier alpha value is -2.04. The smallest absolute Gasteiger partial charge is 0.246 e. The first-order chi connectivity index (χ1) is 8.56. The van der Waals surface area contributed by atoms with Gasteiger partial charge in [0.2, 0.25) is 11.8 Å². The van der Waals surface area contributed by atoms with E-state index in [1.54, 1.807) is 0 Å². The Balaban J connectivity index is 1.97. The highest BCUT2D eigenvalue weighted by Gasteiger charge is 2.26. The fraction of sp³-hybridized carbons (Fsp3) is 0.385. The number of benzene rings is 1. The molecule has 5 heteroatoms. The first-order valence-corrected chi connectivity index (χ1v) is 5.94. The number of nitrogens with zero attached hydrogens (tertiary/aromatic N) is 1. The van der Waals surface area contributed by atoms with Crippen LogP contribution in [0.5, 0.6) is 0 Å². The maximum absolute atomic E-state index is 11.8. The molecule has 0 bridgehead atoms. The largest absolute Gasteiger partial charge is 0.378 e. The molecule has 1 aromatic rings. The Kier molecular flexibility index (Phi) is 3.50. The average molecular weight is 247 g/mol. The zero-order chi connectivity index (χ0) is 13.1. The topological polar surface area (TPSA) is 61.4 Å². The molecule has 0 spiro atoms. The van der Waals surface area contributed by atoms with Gasteiger partial charge in [-0.3, -0.25) is 9.59 Å². The van der Waals surface area contributed by atoms with Gasteiger partial charge in [0.1, 0.15) is 6.04 Å². The lowest BCUT2D eigenvalue weighted by atomic mass is 10.2. The van der Waals surface area contributed by atoms with Gasteiger partial charge in [-0.2, -0.15) is 0 Å². The second-order valence-electron chi connectivity index (χ2n) is 4.59. The molecule has 0 aliphatic carbocycles. The van der Waals surface area contributed by atoms with E-state index < -0.39 is 6.04 Å². The van der Waals surface area contributed by atoms with Gasteiger partial charge in [-0.15, -0.1) is 0 Å². The number of nitrogens with one attached hydrogen (secondary N) is 2. The maximum Gasteiger partial charge on any atom is 0.246 e. The minimum atomic E-state index is -0.397. The van der Waals surface area contributed by atoms with E-state index in [1.165, 1.54) is 0 Å². The van der Waals surface area contributed by atoms with Crippen molar-refractivity contribution in [2.75, 3.05) is 24.3 Å². The molecule has 2 amide bonds. The van der Waals surface area contributed by atoms with Crippen LogP contribution in [0.25, 0.3) is 0 Å². The molecule has 1 aromatic carbocycles. The third-order valence-electron chi connectivity index (χ3n) is 2.96. The van der Waals surface area contributed by atoms with Gasteiger partial charge in [0.15, 0.2) is 0 Å². The molecule has 5 nitrogen and oxygen atoms in total. The van der Waals surface area contributed by atoms with E-state index in [2.05, 4.69) is 10.6 Å². The summed E-state index contributed by atoms with van der Waals surface area (Å²) in [5.41, 5.74) is 1.81. The van der Waals surface area contributed by atoms with Crippen molar-refractivity contribution in [3.63, 3.8) is 0 Å². The van der Waals surface area contributed by atoms with Crippen molar-refractivity contribution in [1.82, 2.24) is 5.32 Å². The molecular weight excluding hydrogens is 230 g/mol. The van der Waals surface area contributed by atoms with Gasteiger partial charge in [0, 0.05) is 31.9 Å². The molecular formula is C13H17N3O2. The van der Waals surface area contributed by atoms with Gasteiger partial charge >= 0.3 is 0 Å². The Morgan fingerprint density at radius 2 is 2.00 bits per heavy atom. The molecule has 0 radical (unpaired) electrons. The number of rotatable bonds is 3. The van der Waals surface area contributed by atoms with Crippen molar-refractivity contribution in [1.29, 1.82) is 0 Å². The van der Waals surface area contributed by atoms with E-state index >= 15 is 0 Å². The van der Waals surface area contributed by atoms with E-state index in [0.717, 1.165) is 11.4 Å². The van der Waals surface area contributed by atoms with Crippen LogP contribution >= 0.6 is 0 Å². The number of carbonyl (C=O) groups is 2. The molecule has 1 unspecified atom stereocenters. The highest BCUT2D eigenvalue weighted by molar-refractivity contribution is 5.99. The maximum atomic E-state index is 11.8. The summed E-state index contributed by atoms with van der Waals surface area (Å²) >= 11 is 0. The van der Waals surface area contributed by atoms with Gasteiger partial charge in [0.05, 0.1) is 0 Å². The van der Waals surface area contributed by atoms with E-state index in [-0.39, 0.29) is 11.8 Å². The van der Waals surface area contributed by atoms with Crippen LogP contribution in [0.2, 0.25) is 0 Å². The number of amides is 2. The molecule has 1 saturated heterocycles. The summed E-state index contributed by atoms with van der Waals surface area (Å²) in [5.74, 6) is -0.212. The van der Waals surface area contributed by atoms with Crippen LogP contribution in [0.15, 0.2) is 24.3 Å². The molecule has 0 aromatic heterocycles. The molecule has 96 valence electrons. The number of carbonyl (C=O) groups excluding carboxylic acids is 2. The third-order valence-corrected chi connectivity index (χ3v) is 2.96. The van der Waals surface area contributed by atoms with Crippen LogP contribution in [-0.4, -0.2) is 32.0 Å². The van der Waals surface area contributed by atoms with Crippen molar-refractivity contribution in [3.8, 4) is 0 Å². The van der Waals surface area contributed by atoms with Crippen LogP contribution in [-0.2, 0) is 9.59 Å². The minimum Gasteiger partial charge on any atom is -0.378 e. The van der Waals surface area contributed by atoms with Gasteiger partial charge in [-0.25, -0.2) is 0 Å². The van der Waals surface area contributed by atoms with E-state index in [1.807, 2.05) is 43.3 Å². The first-order valence-electron chi connectivity index (χ1n) is 5.94. The zero-order valence-corrected chi connectivity index (χ0v) is 10.6. The summed E-state index contributed by atoms with van der Waals surface area (Å²) in [6, 6.07) is 7.17. The van der Waals surface area contributed by atoms with Crippen molar-refractivity contribution < 1.29 is 9.59 Å². The lowest BCUT2D eigenvalue weighted by Crippen LogP contribution is -2.37. The molecule has 0 saturated carbocycles. The lowest BCUT2D eigenvalue weighted by Gasteiger charge is -2.14. The van der Waals surface area contributed by atoms with Crippen molar-refractivity contribution in [2.24, 2.45) is 0 Å².